The summed E-state index contributed by atoms with van der Waals surface area (Å²) in [6, 6.07) is 7.79. The average molecular weight is 477 g/mol. The van der Waals surface area contributed by atoms with Crippen molar-refractivity contribution >= 4 is 12.3 Å². The highest BCUT2D eigenvalue weighted by Crippen LogP contribution is 2.34. The second-order valence-corrected chi connectivity index (χ2v) is 8.76. The first-order chi connectivity index (χ1) is 16.5. The summed E-state index contributed by atoms with van der Waals surface area (Å²) in [5.41, 5.74) is 1.90. The molecule has 2 atom stereocenters. The van der Waals surface area contributed by atoms with Gasteiger partial charge in [-0.25, -0.2) is 9.59 Å². The molecule has 0 unspecified atom stereocenters. The van der Waals surface area contributed by atoms with E-state index in [0.29, 0.717) is 5.56 Å². The minimum absolute atomic E-state index is 0.706. The number of hydrogen-bond donors (Lipinski definition) is 0. The molecule has 0 amide bonds. The number of carbonyl (C=O) groups excluding carboxylic acids is 2. The average Bonchev–Trinajstić information content (AvgIpc) is 3.25. The first-order valence-corrected chi connectivity index (χ1v) is 12.1. The molecule has 0 spiro atoms. The normalized spacial score (nSPS) is 25.3. The lowest BCUT2D eigenvalue weighted by molar-refractivity contribution is -0.156. The fraction of sp³-hybridized carbons (Fsp3) is 0.615. The van der Waals surface area contributed by atoms with Crippen molar-refractivity contribution in [3.8, 4) is 0 Å². The van der Waals surface area contributed by atoms with Crippen molar-refractivity contribution in [3.63, 3.8) is 0 Å². The van der Waals surface area contributed by atoms with Gasteiger partial charge in [0.2, 0.25) is 0 Å². The van der Waals surface area contributed by atoms with Gasteiger partial charge in [-0.3, -0.25) is 0 Å². The van der Waals surface area contributed by atoms with Crippen molar-refractivity contribution in [1.82, 2.24) is 0 Å². The molecule has 1 heterocycles. The van der Waals surface area contributed by atoms with Gasteiger partial charge in [-0.2, -0.15) is 0 Å². The van der Waals surface area contributed by atoms with Crippen LogP contribution in [0.4, 0.5) is 9.59 Å². The Balaban J connectivity index is 1.47. The number of hydrogen-bond acceptors (Lipinski definition) is 8. The predicted octanol–water partition coefficient (Wildman–Crippen LogP) is 6.05. The Labute approximate surface area is 201 Å². The summed E-state index contributed by atoms with van der Waals surface area (Å²) in [5, 5.41) is 0. The molecule has 1 aliphatic carbocycles. The first kappa shape index (κ1) is 26.0. The van der Waals surface area contributed by atoms with Crippen LogP contribution < -0.4 is 0 Å². The third-order valence-corrected chi connectivity index (χ3v) is 6.34. The van der Waals surface area contributed by atoms with Crippen LogP contribution in [-0.4, -0.2) is 39.1 Å². The zero-order valence-electron chi connectivity index (χ0n) is 20.3. The Bertz CT molecular complexity index is 772. The summed E-state index contributed by atoms with van der Waals surface area (Å²) >= 11 is 0. The zero-order valence-corrected chi connectivity index (χ0v) is 20.3. The fourth-order valence-corrected chi connectivity index (χ4v) is 4.47. The number of ether oxygens (including phenoxy) is 6. The van der Waals surface area contributed by atoms with Gasteiger partial charge in [-0.15, -0.1) is 0 Å². The molecule has 0 bridgehead atoms. The van der Waals surface area contributed by atoms with Crippen LogP contribution >= 0.6 is 0 Å². The van der Waals surface area contributed by atoms with Crippen LogP contribution in [0.2, 0.25) is 0 Å². The van der Waals surface area contributed by atoms with Crippen molar-refractivity contribution in [2.75, 3.05) is 14.2 Å². The Morgan fingerprint density at radius 3 is 2.06 bits per heavy atom. The van der Waals surface area contributed by atoms with Crippen LogP contribution in [0.25, 0.3) is 0 Å². The van der Waals surface area contributed by atoms with Gasteiger partial charge in [-0.05, 0) is 55.9 Å². The molecule has 1 saturated carbocycles. The van der Waals surface area contributed by atoms with Crippen LogP contribution in [-0.2, 0) is 34.8 Å². The highest BCUT2D eigenvalue weighted by Gasteiger charge is 2.43. The molecule has 0 N–H and O–H groups in total. The fourth-order valence-electron chi connectivity index (χ4n) is 4.47. The van der Waals surface area contributed by atoms with Crippen LogP contribution in [0, 0.1) is 11.8 Å². The van der Waals surface area contributed by atoms with Crippen LogP contribution in [0.15, 0.2) is 36.4 Å². The van der Waals surface area contributed by atoms with Crippen LogP contribution in [0.1, 0.15) is 69.3 Å². The minimum atomic E-state index is -1.28. The van der Waals surface area contributed by atoms with E-state index in [1.165, 1.54) is 44.1 Å². The molecule has 1 saturated heterocycles. The molecule has 0 radical (unpaired) electrons. The van der Waals surface area contributed by atoms with Gasteiger partial charge in [0, 0.05) is 5.56 Å². The van der Waals surface area contributed by atoms with Gasteiger partial charge in [0.1, 0.15) is 0 Å². The second-order valence-electron chi connectivity index (χ2n) is 8.76. The minimum Gasteiger partial charge on any atom is -0.438 e. The molecule has 1 aliphatic heterocycles. The van der Waals surface area contributed by atoms with Gasteiger partial charge < -0.3 is 28.4 Å². The Kier molecular flexibility index (Phi) is 10.2. The van der Waals surface area contributed by atoms with E-state index in [0.717, 1.165) is 38.9 Å². The molecule has 188 valence electrons. The van der Waals surface area contributed by atoms with Crippen LogP contribution in [0.3, 0.4) is 0 Å². The number of carbonyl (C=O) groups is 2. The lowest BCUT2D eigenvalue weighted by atomic mass is 9.80. The van der Waals surface area contributed by atoms with Crippen molar-refractivity contribution in [2.45, 2.75) is 77.2 Å². The van der Waals surface area contributed by atoms with Crippen molar-refractivity contribution in [3.05, 3.63) is 47.5 Å². The highest BCUT2D eigenvalue weighted by atomic mass is 16.9. The highest BCUT2D eigenvalue weighted by molar-refractivity contribution is 5.61. The summed E-state index contributed by atoms with van der Waals surface area (Å²) in [6.45, 7) is 2.28. The molecule has 0 aromatic heterocycles. The number of methoxy groups -OCH3 is 2. The Hall–Kier alpha value is -2.58. The Morgan fingerprint density at radius 1 is 0.941 bits per heavy atom. The largest absolute Gasteiger partial charge is 0.510 e. The Morgan fingerprint density at radius 2 is 1.53 bits per heavy atom. The van der Waals surface area contributed by atoms with E-state index in [2.05, 4.69) is 28.5 Å². The molecule has 8 heteroatoms. The molecule has 3 rings (SSSR count). The summed E-state index contributed by atoms with van der Waals surface area (Å²) in [6.07, 6.45) is 9.30. The number of aryl methyl sites for hydroxylation is 1. The monoisotopic (exact) mass is 476 g/mol. The van der Waals surface area contributed by atoms with E-state index >= 15 is 0 Å². The number of allylic oxidation sites excluding steroid dienone is 2. The third-order valence-electron chi connectivity index (χ3n) is 6.34. The third kappa shape index (κ3) is 7.74. The maximum Gasteiger partial charge on any atom is 0.510 e. The molecular weight excluding hydrogens is 440 g/mol. The smallest absolute Gasteiger partial charge is 0.438 e. The predicted molar refractivity (Wildman–Crippen MR) is 124 cm³/mol. The second kappa shape index (κ2) is 13.3. The maximum absolute atomic E-state index is 11.5. The number of rotatable bonds is 9. The van der Waals surface area contributed by atoms with E-state index in [1.54, 1.807) is 0 Å². The molecule has 8 nitrogen and oxygen atoms in total. The molecule has 1 aromatic rings. The van der Waals surface area contributed by atoms with Crippen molar-refractivity contribution in [2.24, 2.45) is 11.8 Å². The van der Waals surface area contributed by atoms with E-state index in [1.807, 2.05) is 24.3 Å². The topological polar surface area (TPSA) is 89.5 Å². The molecule has 2 aliphatic rings. The summed E-state index contributed by atoms with van der Waals surface area (Å²) in [5.74, 6) is 1.66. The molecule has 34 heavy (non-hydrogen) atoms. The van der Waals surface area contributed by atoms with Crippen molar-refractivity contribution < 1.29 is 38.0 Å². The summed E-state index contributed by atoms with van der Waals surface area (Å²) in [7, 11) is 2.33. The van der Waals surface area contributed by atoms with E-state index in [9.17, 15) is 9.59 Å². The van der Waals surface area contributed by atoms with E-state index < -0.39 is 31.2 Å². The van der Waals surface area contributed by atoms with Gasteiger partial charge >= 0.3 is 12.3 Å². The lowest BCUT2D eigenvalue weighted by Gasteiger charge is -2.26. The molecule has 2 fully saturated rings. The zero-order chi connectivity index (χ0) is 24.3. The number of benzene rings is 1. The van der Waals surface area contributed by atoms with Gasteiger partial charge in [0.15, 0.2) is 6.29 Å². The SMILES string of the molecule is CCC[C@H]1CC[C@H](/C=C/CCc2ccc(C3O[C@H](OC(=O)OC)[C@@H](OC(=O)OC)O3)cc2)CC1. The van der Waals surface area contributed by atoms with Crippen molar-refractivity contribution in [1.29, 1.82) is 0 Å². The lowest BCUT2D eigenvalue weighted by Crippen LogP contribution is -2.32. The van der Waals surface area contributed by atoms with E-state index in [4.69, 9.17) is 18.9 Å². The first-order valence-electron chi connectivity index (χ1n) is 12.1. The quantitative estimate of drug-likeness (QED) is 0.314. The van der Waals surface area contributed by atoms with E-state index in [-0.39, 0.29) is 0 Å². The van der Waals surface area contributed by atoms with Gasteiger partial charge in [-0.1, -0.05) is 56.2 Å². The van der Waals surface area contributed by atoms with Gasteiger partial charge in [0.25, 0.3) is 12.6 Å². The van der Waals surface area contributed by atoms with Crippen LogP contribution in [0.5, 0.6) is 0 Å². The standard InChI is InChI=1S/C26H36O8/c1-4-7-18-10-12-19(13-11-18)8-5-6-9-20-14-16-21(17-15-20)22-31-23(33-25(27)29-2)24(32-22)34-26(28)30-3/h5,8,14-19,22-24H,4,6-7,9-13H2,1-3H3/b8-5+/t18-,19-,23-,24-/m1/s1. The molecular formula is C26H36O8. The summed E-state index contributed by atoms with van der Waals surface area (Å²) in [4.78, 5) is 22.9. The molecule has 1 aromatic carbocycles. The summed E-state index contributed by atoms with van der Waals surface area (Å²) < 4.78 is 30.1. The van der Waals surface area contributed by atoms with Gasteiger partial charge in [0.05, 0.1) is 14.2 Å². The maximum atomic E-state index is 11.5.